The number of non-ortho nitro benzene ring substituents is 1. The van der Waals surface area contributed by atoms with E-state index in [1.54, 1.807) is 0 Å². The molecule has 0 amide bonds. The number of nitro groups is 1. The van der Waals surface area contributed by atoms with Gasteiger partial charge in [-0.2, -0.15) is 5.26 Å². The van der Waals surface area contributed by atoms with E-state index in [-0.39, 0.29) is 16.8 Å². The number of fused-ring (bicyclic) bond motifs is 1. The number of halogens is 1. The lowest BCUT2D eigenvalue weighted by atomic mass is 10.0. The van der Waals surface area contributed by atoms with E-state index >= 15 is 0 Å². The van der Waals surface area contributed by atoms with Crippen LogP contribution in [0.1, 0.15) is 30.5 Å². The molecule has 0 aliphatic rings. The number of hydrogen-bond acceptors (Lipinski definition) is 5. The van der Waals surface area contributed by atoms with Gasteiger partial charge >= 0.3 is 0 Å². The minimum absolute atomic E-state index is 0.0630. The summed E-state index contributed by atoms with van der Waals surface area (Å²) in [6, 6.07) is 14.5. The van der Waals surface area contributed by atoms with E-state index in [9.17, 15) is 15.4 Å². The van der Waals surface area contributed by atoms with E-state index in [1.807, 2.05) is 37.3 Å². The molecule has 0 fully saturated rings. The van der Waals surface area contributed by atoms with Gasteiger partial charge in [-0.25, -0.2) is 0 Å². The quantitative estimate of drug-likeness (QED) is 0.493. The summed E-state index contributed by atoms with van der Waals surface area (Å²) in [6.07, 6.45) is 2.20. The number of nitriles is 1. The van der Waals surface area contributed by atoms with Crippen LogP contribution in [0.25, 0.3) is 10.9 Å². The summed E-state index contributed by atoms with van der Waals surface area (Å²) in [4.78, 5) is 14.9. The molecule has 0 unspecified atom stereocenters. The van der Waals surface area contributed by atoms with E-state index in [0.29, 0.717) is 22.2 Å². The van der Waals surface area contributed by atoms with Crippen molar-refractivity contribution >= 4 is 33.9 Å². The Morgan fingerprint density at radius 1 is 1.35 bits per heavy atom. The second kappa shape index (κ2) is 7.38. The minimum atomic E-state index is -0.511. The molecule has 0 aliphatic heterocycles. The summed E-state index contributed by atoms with van der Waals surface area (Å²) in [7, 11) is 0. The van der Waals surface area contributed by atoms with Crippen LogP contribution >= 0.6 is 11.6 Å². The molecule has 1 aromatic heterocycles. The zero-order valence-electron chi connectivity index (χ0n) is 13.9. The lowest BCUT2D eigenvalue weighted by Crippen LogP contribution is -2.11. The fourth-order valence-corrected chi connectivity index (χ4v) is 3.13. The Kier molecular flexibility index (Phi) is 5.01. The van der Waals surface area contributed by atoms with Crippen LogP contribution in [0.2, 0.25) is 5.02 Å². The Labute approximate surface area is 155 Å². The zero-order valence-corrected chi connectivity index (χ0v) is 14.7. The molecule has 130 valence electrons. The van der Waals surface area contributed by atoms with Crippen molar-refractivity contribution in [3.63, 3.8) is 0 Å². The van der Waals surface area contributed by atoms with Gasteiger partial charge in [0, 0.05) is 23.7 Å². The Morgan fingerprint density at radius 2 is 2.08 bits per heavy atom. The average molecular weight is 367 g/mol. The number of aromatic nitrogens is 1. The molecule has 0 spiro atoms. The van der Waals surface area contributed by atoms with Gasteiger partial charge in [-0.15, -0.1) is 0 Å². The molecule has 0 saturated carbocycles. The number of nitrogens with one attached hydrogen (secondary N) is 1. The predicted octanol–water partition coefficient (Wildman–Crippen LogP) is 5.23. The van der Waals surface area contributed by atoms with Crippen LogP contribution in [-0.2, 0) is 0 Å². The first kappa shape index (κ1) is 17.6. The Morgan fingerprint density at radius 3 is 2.69 bits per heavy atom. The first-order valence-corrected chi connectivity index (χ1v) is 8.41. The molecule has 1 atom stereocenters. The van der Waals surface area contributed by atoms with Gasteiger partial charge < -0.3 is 5.32 Å². The molecule has 3 rings (SSSR count). The van der Waals surface area contributed by atoms with Gasteiger partial charge in [0.25, 0.3) is 5.69 Å². The maximum absolute atomic E-state index is 11.2. The first-order chi connectivity index (χ1) is 12.5. The summed E-state index contributed by atoms with van der Waals surface area (Å²) < 4.78 is 0. The largest absolute Gasteiger partial charge is 0.377 e. The molecule has 0 bridgehead atoms. The third kappa shape index (κ3) is 3.30. The Balaban J connectivity index is 2.19. The lowest BCUT2D eigenvalue weighted by Gasteiger charge is -2.21. The summed E-state index contributed by atoms with van der Waals surface area (Å²) in [6.45, 7) is 2.02. The third-order valence-electron chi connectivity index (χ3n) is 4.17. The van der Waals surface area contributed by atoms with Crippen molar-refractivity contribution in [3.05, 3.63) is 74.9 Å². The van der Waals surface area contributed by atoms with Crippen LogP contribution < -0.4 is 5.32 Å². The minimum Gasteiger partial charge on any atom is -0.377 e. The number of hydrogen-bond donors (Lipinski definition) is 1. The standard InChI is InChI=1S/C19H15ClN4O2/c1-2-17(12-6-4-3-5-7-12)23-18-13(10-21)11-22-19-15(18)8-14(24(25)26)9-16(19)20/h3-9,11,17H,2H2,1H3,(H,22,23)/t17-/m1/s1. The number of anilines is 1. The van der Waals surface area contributed by atoms with Gasteiger partial charge in [-0.3, -0.25) is 15.1 Å². The van der Waals surface area contributed by atoms with Crippen molar-refractivity contribution in [3.8, 4) is 6.07 Å². The maximum Gasteiger partial charge on any atom is 0.271 e. The fraction of sp³-hybridized carbons (Fsp3) is 0.158. The van der Waals surface area contributed by atoms with Gasteiger partial charge in [0.15, 0.2) is 0 Å². The van der Waals surface area contributed by atoms with Crippen LogP contribution in [0.3, 0.4) is 0 Å². The van der Waals surface area contributed by atoms with Crippen LogP contribution in [0, 0.1) is 21.4 Å². The highest BCUT2D eigenvalue weighted by Gasteiger charge is 2.19. The summed E-state index contributed by atoms with van der Waals surface area (Å²) in [5.74, 6) is 0. The SMILES string of the molecule is CC[C@@H](Nc1c(C#N)cnc2c(Cl)cc([N+](=O)[O-])cc12)c1ccccc1. The number of pyridine rings is 1. The van der Waals surface area contributed by atoms with E-state index < -0.39 is 4.92 Å². The van der Waals surface area contributed by atoms with Crippen LogP contribution in [0.4, 0.5) is 11.4 Å². The second-order valence-electron chi connectivity index (χ2n) is 5.76. The van der Waals surface area contributed by atoms with E-state index in [2.05, 4.69) is 16.4 Å². The number of rotatable bonds is 5. The normalized spacial score (nSPS) is 11.7. The first-order valence-electron chi connectivity index (χ1n) is 8.03. The Hall–Kier alpha value is -3.17. The number of nitro benzene ring substituents is 1. The highest BCUT2D eigenvalue weighted by Crippen LogP contribution is 2.36. The van der Waals surface area contributed by atoms with Crippen molar-refractivity contribution in [2.45, 2.75) is 19.4 Å². The second-order valence-corrected chi connectivity index (χ2v) is 6.16. The van der Waals surface area contributed by atoms with E-state index in [0.717, 1.165) is 12.0 Å². The van der Waals surface area contributed by atoms with Gasteiger partial charge in [0.05, 0.1) is 32.8 Å². The van der Waals surface area contributed by atoms with E-state index in [1.165, 1.54) is 18.3 Å². The van der Waals surface area contributed by atoms with Crippen molar-refractivity contribution in [2.75, 3.05) is 5.32 Å². The van der Waals surface area contributed by atoms with Gasteiger partial charge in [-0.05, 0) is 12.0 Å². The zero-order chi connectivity index (χ0) is 18.7. The maximum atomic E-state index is 11.2. The van der Waals surface area contributed by atoms with Gasteiger partial charge in [-0.1, -0.05) is 48.9 Å². The van der Waals surface area contributed by atoms with Crippen LogP contribution in [-0.4, -0.2) is 9.91 Å². The molecule has 7 heteroatoms. The highest BCUT2D eigenvalue weighted by atomic mass is 35.5. The molecule has 0 radical (unpaired) electrons. The molecule has 0 saturated heterocycles. The monoisotopic (exact) mass is 366 g/mol. The van der Waals surface area contributed by atoms with E-state index in [4.69, 9.17) is 11.6 Å². The summed E-state index contributed by atoms with van der Waals surface area (Å²) in [5, 5.41) is 24.7. The molecule has 1 N–H and O–H groups in total. The average Bonchev–Trinajstić information content (AvgIpc) is 2.66. The Bertz CT molecular complexity index is 1020. The van der Waals surface area contributed by atoms with Crippen molar-refractivity contribution < 1.29 is 4.92 Å². The fourth-order valence-electron chi connectivity index (χ4n) is 2.87. The number of benzene rings is 2. The van der Waals surface area contributed by atoms with Crippen LogP contribution in [0.5, 0.6) is 0 Å². The smallest absolute Gasteiger partial charge is 0.271 e. The van der Waals surface area contributed by atoms with Crippen molar-refractivity contribution in [1.29, 1.82) is 5.26 Å². The van der Waals surface area contributed by atoms with Crippen molar-refractivity contribution in [2.24, 2.45) is 0 Å². The number of nitrogens with zero attached hydrogens (tertiary/aromatic N) is 3. The molecule has 3 aromatic rings. The summed E-state index contributed by atoms with van der Waals surface area (Å²) >= 11 is 6.18. The predicted molar refractivity (Wildman–Crippen MR) is 101 cm³/mol. The van der Waals surface area contributed by atoms with Gasteiger partial charge in [0.2, 0.25) is 0 Å². The molecule has 1 heterocycles. The van der Waals surface area contributed by atoms with Gasteiger partial charge in [0.1, 0.15) is 6.07 Å². The molecule has 6 nitrogen and oxygen atoms in total. The molecular formula is C19H15ClN4O2. The van der Waals surface area contributed by atoms with Crippen molar-refractivity contribution in [1.82, 2.24) is 4.98 Å². The third-order valence-corrected chi connectivity index (χ3v) is 4.46. The molecule has 0 aliphatic carbocycles. The van der Waals surface area contributed by atoms with Crippen LogP contribution in [0.15, 0.2) is 48.7 Å². The molecule has 26 heavy (non-hydrogen) atoms. The molecule has 2 aromatic carbocycles. The highest BCUT2D eigenvalue weighted by molar-refractivity contribution is 6.35. The lowest BCUT2D eigenvalue weighted by molar-refractivity contribution is -0.384. The topological polar surface area (TPSA) is 91.8 Å². The summed E-state index contributed by atoms with van der Waals surface area (Å²) in [5.41, 5.74) is 2.14. The molecular weight excluding hydrogens is 352 g/mol.